The van der Waals surface area contributed by atoms with Gasteiger partial charge in [0.15, 0.2) is 0 Å². The van der Waals surface area contributed by atoms with E-state index in [1.165, 1.54) is 23.9 Å². The number of aromatic nitrogens is 2. The minimum atomic E-state index is -0.184. The van der Waals surface area contributed by atoms with Crippen LogP contribution in [-0.4, -0.2) is 15.5 Å². The molecule has 5 heteroatoms. The van der Waals surface area contributed by atoms with Crippen LogP contribution >= 0.6 is 11.6 Å². The normalized spacial score (nSPS) is 10.2. The quantitative estimate of drug-likeness (QED) is 0.683. The van der Waals surface area contributed by atoms with E-state index in [0.29, 0.717) is 21.6 Å². The van der Waals surface area contributed by atoms with Crippen LogP contribution in [0.2, 0.25) is 5.02 Å². The van der Waals surface area contributed by atoms with Crippen LogP contribution in [0.4, 0.5) is 0 Å². The fourth-order valence-electron chi connectivity index (χ4n) is 1.41. The highest BCUT2D eigenvalue weighted by molar-refractivity contribution is 6.31. The Morgan fingerprint density at radius 2 is 2.40 bits per heavy atom. The average Bonchev–Trinajstić information content (AvgIpc) is 2.55. The first kappa shape index (κ1) is 9.69. The molecule has 0 aromatic carbocycles. The maximum absolute atomic E-state index is 11.3. The van der Waals surface area contributed by atoms with Crippen molar-refractivity contribution in [3.8, 4) is 6.07 Å². The highest BCUT2D eigenvalue weighted by atomic mass is 35.5. The lowest BCUT2D eigenvalue weighted by molar-refractivity contribution is 0.0941. The van der Waals surface area contributed by atoms with Gasteiger partial charge in [-0.2, -0.15) is 5.26 Å². The largest absolute Gasteiger partial charge is 0.274 e. The zero-order valence-corrected chi connectivity index (χ0v) is 8.62. The van der Waals surface area contributed by atoms with Crippen LogP contribution in [0.3, 0.4) is 0 Å². The molecule has 0 aliphatic carbocycles. The number of nitriles is 1. The van der Waals surface area contributed by atoms with Crippen LogP contribution < -0.4 is 0 Å². The van der Waals surface area contributed by atoms with Crippen molar-refractivity contribution in [2.45, 2.75) is 6.92 Å². The van der Waals surface area contributed by atoms with Crippen LogP contribution in [-0.2, 0) is 0 Å². The van der Waals surface area contributed by atoms with Crippen molar-refractivity contribution in [2.24, 2.45) is 0 Å². The predicted molar refractivity (Wildman–Crippen MR) is 55.8 cm³/mol. The third kappa shape index (κ3) is 1.47. The second-order valence-corrected chi connectivity index (χ2v) is 3.50. The minimum Gasteiger partial charge on any atom is -0.274 e. The number of fused-ring (bicyclic) bond motifs is 1. The molecule has 15 heavy (non-hydrogen) atoms. The predicted octanol–water partition coefficient (Wildman–Crippen LogP) is 2.22. The zero-order chi connectivity index (χ0) is 11.0. The molecule has 0 spiro atoms. The van der Waals surface area contributed by atoms with Crippen molar-refractivity contribution in [1.29, 1.82) is 5.26 Å². The molecule has 2 heterocycles. The fraction of sp³-hybridized carbons (Fsp3) is 0.100. The summed E-state index contributed by atoms with van der Waals surface area (Å²) in [6.07, 6.45) is 2.92. The van der Waals surface area contributed by atoms with E-state index in [2.05, 4.69) is 4.98 Å². The summed E-state index contributed by atoms with van der Waals surface area (Å²) >= 11 is 5.77. The van der Waals surface area contributed by atoms with Gasteiger partial charge < -0.3 is 0 Å². The number of carbonyl (C=O) groups excluding carboxylic acids is 1. The molecule has 0 aliphatic heterocycles. The molecule has 0 N–H and O–H groups in total. The smallest absolute Gasteiger partial charge is 0.229 e. The summed E-state index contributed by atoms with van der Waals surface area (Å²) in [5.41, 5.74) is 0.860. The molecule has 0 fully saturated rings. The monoisotopic (exact) mass is 219 g/mol. The molecular weight excluding hydrogens is 214 g/mol. The summed E-state index contributed by atoms with van der Waals surface area (Å²) in [6.45, 7) is 1.41. The first-order chi connectivity index (χ1) is 7.13. The highest BCUT2D eigenvalue weighted by Crippen LogP contribution is 2.22. The van der Waals surface area contributed by atoms with Gasteiger partial charge in [-0.1, -0.05) is 11.6 Å². The van der Waals surface area contributed by atoms with Crippen LogP contribution in [0.5, 0.6) is 0 Å². The van der Waals surface area contributed by atoms with E-state index < -0.39 is 0 Å². The molecule has 2 aromatic heterocycles. The van der Waals surface area contributed by atoms with Crippen molar-refractivity contribution in [2.75, 3.05) is 0 Å². The summed E-state index contributed by atoms with van der Waals surface area (Å²) < 4.78 is 1.34. The standard InChI is InChI=1S/C10H6ClN3O/c1-6(15)14-5-7(3-12)9-2-8(11)4-13-10(9)14/h2,4-5H,1H3. The Bertz CT molecular complexity index is 594. The minimum absolute atomic E-state index is 0.184. The van der Waals surface area contributed by atoms with Gasteiger partial charge in [0.25, 0.3) is 0 Å². The van der Waals surface area contributed by atoms with Crippen LogP contribution in [0, 0.1) is 11.3 Å². The maximum Gasteiger partial charge on any atom is 0.229 e. The van der Waals surface area contributed by atoms with Gasteiger partial charge >= 0.3 is 0 Å². The third-order valence-corrected chi connectivity index (χ3v) is 2.28. The Kier molecular flexibility index (Phi) is 2.18. The van der Waals surface area contributed by atoms with Crippen LogP contribution in [0.25, 0.3) is 11.0 Å². The molecule has 0 aliphatic rings. The van der Waals surface area contributed by atoms with E-state index in [0.717, 1.165) is 0 Å². The van der Waals surface area contributed by atoms with E-state index in [4.69, 9.17) is 16.9 Å². The summed E-state index contributed by atoms with van der Waals surface area (Å²) in [7, 11) is 0. The molecule has 2 aromatic rings. The fourth-order valence-corrected chi connectivity index (χ4v) is 1.57. The first-order valence-corrected chi connectivity index (χ1v) is 4.59. The van der Waals surface area contributed by atoms with Gasteiger partial charge in [-0.3, -0.25) is 9.36 Å². The van der Waals surface area contributed by atoms with Crippen molar-refractivity contribution in [3.05, 3.63) is 29.0 Å². The maximum atomic E-state index is 11.3. The Hall–Kier alpha value is -1.86. The lowest BCUT2D eigenvalue weighted by atomic mass is 10.2. The number of rotatable bonds is 0. The molecule has 0 atom stereocenters. The Morgan fingerprint density at radius 3 is 3.00 bits per heavy atom. The number of carbonyl (C=O) groups is 1. The molecule has 0 unspecified atom stereocenters. The topological polar surface area (TPSA) is 58.7 Å². The second kappa shape index (κ2) is 3.37. The lowest BCUT2D eigenvalue weighted by Gasteiger charge is -1.97. The number of hydrogen-bond acceptors (Lipinski definition) is 3. The molecule has 2 rings (SSSR count). The van der Waals surface area contributed by atoms with Crippen LogP contribution in [0.15, 0.2) is 18.5 Å². The van der Waals surface area contributed by atoms with Gasteiger partial charge in [-0.25, -0.2) is 4.98 Å². The van der Waals surface area contributed by atoms with Gasteiger partial charge in [-0.05, 0) is 6.07 Å². The molecule has 0 radical (unpaired) electrons. The van der Waals surface area contributed by atoms with Crippen molar-refractivity contribution < 1.29 is 4.79 Å². The van der Waals surface area contributed by atoms with Crippen molar-refractivity contribution in [1.82, 2.24) is 9.55 Å². The molecule has 74 valence electrons. The van der Waals surface area contributed by atoms with Crippen molar-refractivity contribution in [3.63, 3.8) is 0 Å². The SMILES string of the molecule is CC(=O)n1cc(C#N)c2cc(Cl)cnc21. The molecule has 0 bridgehead atoms. The Balaban J connectivity index is 2.88. The third-order valence-electron chi connectivity index (χ3n) is 2.07. The number of hydrogen-bond donors (Lipinski definition) is 0. The first-order valence-electron chi connectivity index (χ1n) is 4.21. The molecule has 0 amide bonds. The van der Waals surface area contributed by atoms with Gasteiger partial charge in [0.2, 0.25) is 5.91 Å². The zero-order valence-electron chi connectivity index (χ0n) is 7.86. The van der Waals surface area contributed by atoms with Gasteiger partial charge in [-0.15, -0.1) is 0 Å². The summed E-state index contributed by atoms with van der Waals surface area (Å²) in [5.74, 6) is -0.184. The van der Waals surface area contributed by atoms with E-state index in [9.17, 15) is 4.79 Å². The van der Waals surface area contributed by atoms with Gasteiger partial charge in [0.05, 0.1) is 10.6 Å². The van der Waals surface area contributed by atoms with E-state index in [-0.39, 0.29) is 5.91 Å². The molecule has 0 saturated heterocycles. The highest BCUT2D eigenvalue weighted by Gasteiger charge is 2.12. The number of nitrogens with zero attached hydrogens (tertiary/aromatic N) is 3. The summed E-state index contributed by atoms with van der Waals surface area (Å²) in [6, 6.07) is 3.63. The Labute approximate surface area is 90.7 Å². The summed E-state index contributed by atoms with van der Waals surface area (Å²) in [4.78, 5) is 15.3. The number of halogens is 1. The molecule has 4 nitrogen and oxygen atoms in total. The second-order valence-electron chi connectivity index (χ2n) is 3.07. The molecule has 0 saturated carbocycles. The van der Waals surface area contributed by atoms with Crippen LogP contribution in [0.1, 0.15) is 17.3 Å². The van der Waals surface area contributed by atoms with E-state index >= 15 is 0 Å². The summed E-state index contributed by atoms with van der Waals surface area (Å²) in [5, 5.41) is 9.92. The Morgan fingerprint density at radius 1 is 1.67 bits per heavy atom. The lowest BCUT2D eigenvalue weighted by Crippen LogP contribution is -2.03. The van der Waals surface area contributed by atoms with Gasteiger partial charge in [0, 0.05) is 24.7 Å². The molecular formula is C10H6ClN3O. The number of pyridine rings is 1. The van der Waals surface area contributed by atoms with Crippen molar-refractivity contribution >= 4 is 28.5 Å². The van der Waals surface area contributed by atoms with E-state index in [1.54, 1.807) is 6.07 Å². The average molecular weight is 220 g/mol. The van der Waals surface area contributed by atoms with E-state index in [1.807, 2.05) is 6.07 Å². The van der Waals surface area contributed by atoms with Gasteiger partial charge in [0.1, 0.15) is 11.7 Å².